The van der Waals surface area contributed by atoms with Gasteiger partial charge in [-0.05, 0) is 27.7 Å². The highest BCUT2D eigenvalue weighted by molar-refractivity contribution is 5.69. The summed E-state index contributed by atoms with van der Waals surface area (Å²) >= 11 is 0. The number of hydrogen-bond donors (Lipinski definition) is 0. The van der Waals surface area contributed by atoms with Crippen molar-refractivity contribution in [3.05, 3.63) is 12.2 Å². The van der Waals surface area contributed by atoms with Gasteiger partial charge in [0.05, 0.1) is 0 Å². The van der Waals surface area contributed by atoms with E-state index in [1.807, 2.05) is 33.8 Å². The molecule has 0 bridgehead atoms. The van der Waals surface area contributed by atoms with Crippen LogP contribution in [0.15, 0.2) is 12.2 Å². The molecule has 0 saturated carbocycles. The maximum Gasteiger partial charge on any atom is 0.410 e. The van der Waals surface area contributed by atoms with Gasteiger partial charge in [-0.3, -0.25) is 0 Å². The molecule has 1 aliphatic rings. The van der Waals surface area contributed by atoms with Crippen molar-refractivity contribution in [2.24, 2.45) is 5.92 Å². The Morgan fingerprint density at radius 1 is 1.43 bits per heavy atom. The third-order valence-electron chi connectivity index (χ3n) is 2.03. The van der Waals surface area contributed by atoms with E-state index in [1.165, 1.54) is 0 Å². The van der Waals surface area contributed by atoms with E-state index >= 15 is 0 Å². The Bertz CT molecular complexity index is 234. The van der Waals surface area contributed by atoms with Gasteiger partial charge in [0, 0.05) is 19.0 Å². The molecule has 0 N–H and O–H groups in total. The van der Waals surface area contributed by atoms with E-state index in [9.17, 15) is 4.79 Å². The molecule has 0 unspecified atom stereocenters. The monoisotopic (exact) mass is 197 g/mol. The molecule has 0 atom stereocenters. The second-order valence-corrected chi connectivity index (χ2v) is 4.67. The van der Waals surface area contributed by atoms with Crippen LogP contribution in [0.5, 0.6) is 0 Å². The smallest absolute Gasteiger partial charge is 0.410 e. The number of rotatable bonds is 1. The van der Waals surface area contributed by atoms with E-state index in [1.54, 1.807) is 4.90 Å². The highest BCUT2D eigenvalue weighted by Crippen LogP contribution is 2.20. The van der Waals surface area contributed by atoms with Gasteiger partial charge in [-0.1, -0.05) is 12.2 Å². The first kappa shape index (κ1) is 11.1. The molecule has 0 aromatic rings. The van der Waals surface area contributed by atoms with Gasteiger partial charge in [0.2, 0.25) is 0 Å². The lowest BCUT2D eigenvalue weighted by atomic mass is 10.0. The quantitative estimate of drug-likeness (QED) is 0.604. The summed E-state index contributed by atoms with van der Waals surface area (Å²) in [6, 6.07) is 0. The molecule has 1 fully saturated rings. The van der Waals surface area contributed by atoms with Crippen LogP contribution in [-0.4, -0.2) is 29.7 Å². The van der Waals surface area contributed by atoms with Crippen molar-refractivity contribution < 1.29 is 9.53 Å². The molecule has 80 valence electrons. The Hall–Kier alpha value is -0.990. The van der Waals surface area contributed by atoms with Crippen LogP contribution in [0, 0.1) is 5.92 Å². The third-order valence-corrected chi connectivity index (χ3v) is 2.03. The van der Waals surface area contributed by atoms with Gasteiger partial charge in [0.15, 0.2) is 0 Å². The van der Waals surface area contributed by atoms with Gasteiger partial charge in [0.25, 0.3) is 0 Å². The first-order valence-electron chi connectivity index (χ1n) is 5.03. The molecule has 1 aliphatic heterocycles. The van der Waals surface area contributed by atoms with Gasteiger partial charge >= 0.3 is 6.09 Å². The van der Waals surface area contributed by atoms with Crippen molar-refractivity contribution in [2.45, 2.75) is 33.3 Å². The SMILES string of the molecule is CC=CC1CN(C(=O)OC(C)(C)C)C1. The number of allylic oxidation sites excluding steroid dienone is 1. The summed E-state index contributed by atoms with van der Waals surface area (Å²) in [6.45, 7) is 9.23. The Labute approximate surface area is 85.7 Å². The second kappa shape index (κ2) is 4.03. The van der Waals surface area contributed by atoms with E-state index in [2.05, 4.69) is 6.08 Å². The zero-order valence-corrected chi connectivity index (χ0v) is 9.41. The van der Waals surface area contributed by atoms with Gasteiger partial charge in [-0.2, -0.15) is 0 Å². The number of likely N-dealkylation sites (tertiary alicyclic amines) is 1. The molecule has 0 aromatic heterocycles. The number of nitrogens with zero attached hydrogens (tertiary/aromatic N) is 1. The van der Waals surface area contributed by atoms with Crippen molar-refractivity contribution in [1.29, 1.82) is 0 Å². The molecular weight excluding hydrogens is 178 g/mol. The zero-order chi connectivity index (χ0) is 10.8. The molecule has 1 rings (SSSR count). The average molecular weight is 197 g/mol. The Balaban J connectivity index is 2.30. The van der Waals surface area contributed by atoms with Crippen LogP contribution in [0.1, 0.15) is 27.7 Å². The number of ether oxygens (including phenoxy) is 1. The van der Waals surface area contributed by atoms with Crippen LogP contribution >= 0.6 is 0 Å². The molecule has 0 spiro atoms. The maximum absolute atomic E-state index is 11.5. The minimum atomic E-state index is -0.386. The molecule has 0 aromatic carbocycles. The summed E-state index contributed by atoms with van der Waals surface area (Å²) < 4.78 is 5.23. The molecule has 14 heavy (non-hydrogen) atoms. The Morgan fingerprint density at radius 2 is 2.00 bits per heavy atom. The number of carbonyl (C=O) groups is 1. The molecule has 0 aliphatic carbocycles. The zero-order valence-electron chi connectivity index (χ0n) is 9.41. The number of amides is 1. The second-order valence-electron chi connectivity index (χ2n) is 4.67. The maximum atomic E-state index is 11.5. The van der Waals surface area contributed by atoms with Crippen molar-refractivity contribution in [1.82, 2.24) is 4.90 Å². The fourth-order valence-corrected chi connectivity index (χ4v) is 1.38. The topological polar surface area (TPSA) is 29.5 Å². The highest BCUT2D eigenvalue weighted by Gasteiger charge is 2.31. The molecule has 3 nitrogen and oxygen atoms in total. The summed E-state index contributed by atoms with van der Waals surface area (Å²) in [5, 5.41) is 0. The van der Waals surface area contributed by atoms with Crippen molar-refractivity contribution in [3.63, 3.8) is 0 Å². The lowest BCUT2D eigenvalue weighted by molar-refractivity contribution is 0.00491. The summed E-state index contributed by atoms with van der Waals surface area (Å²) in [5.41, 5.74) is -0.386. The fraction of sp³-hybridized carbons (Fsp3) is 0.727. The molecule has 3 heteroatoms. The standard InChI is InChI=1S/C11H19NO2/c1-5-6-9-7-12(8-9)10(13)14-11(2,3)4/h5-6,9H,7-8H2,1-4H3. The molecular formula is C11H19NO2. The highest BCUT2D eigenvalue weighted by atomic mass is 16.6. The van der Waals surface area contributed by atoms with Crippen molar-refractivity contribution in [2.75, 3.05) is 13.1 Å². The molecule has 1 amide bonds. The molecule has 0 radical (unpaired) electrons. The van der Waals surface area contributed by atoms with E-state index in [4.69, 9.17) is 4.74 Å². The van der Waals surface area contributed by atoms with Crippen LogP contribution in [0.4, 0.5) is 4.79 Å². The molecule has 1 heterocycles. The minimum absolute atomic E-state index is 0.196. The first-order valence-corrected chi connectivity index (χ1v) is 5.03. The Morgan fingerprint density at radius 3 is 2.43 bits per heavy atom. The van der Waals surface area contributed by atoms with Crippen LogP contribution in [-0.2, 0) is 4.74 Å². The van der Waals surface area contributed by atoms with Crippen LogP contribution in [0.2, 0.25) is 0 Å². The van der Waals surface area contributed by atoms with E-state index in [0.717, 1.165) is 13.1 Å². The normalized spacial score (nSPS) is 18.4. The third kappa shape index (κ3) is 3.05. The number of hydrogen-bond acceptors (Lipinski definition) is 2. The average Bonchev–Trinajstić information content (AvgIpc) is 1.91. The van der Waals surface area contributed by atoms with Gasteiger partial charge in [0.1, 0.15) is 5.60 Å². The van der Waals surface area contributed by atoms with Gasteiger partial charge in [-0.25, -0.2) is 4.79 Å². The predicted molar refractivity (Wildman–Crippen MR) is 56.1 cm³/mol. The van der Waals surface area contributed by atoms with E-state index in [-0.39, 0.29) is 11.7 Å². The van der Waals surface area contributed by atoms with E-state index in [0.29, 0.717) is 5.92 Å². The summed E-state index contributed by atoms with van der Waals surface area (Å²) in [4.78, 5) is 13.2. The van der Waals surface area contributed by atoms with Crippen LogP contribution in [0.25, 0.3) is 0 Å². The minimum Gasteiger partial charge on any atom is -0.444 e. The van der Waals surface area contributed by atoms with Crippen molar-refractivity contribution in [3.8, 4) is 0 Å². The van der Waals surface area contributed by atoms with Crippen LogP contribution in [0.3, 0.4) is 0 Å². The lowest BCUT2D eigenvalue weighted by Crippen LogP contribution is -2.50. The molecule has 1 saturated heterocycles. The summed E-state index contributed by atoms with van der Waals surface area (Å²) in [6.07, 6.45) is 3.95. The largest absolute Gasteiger partial charge is 0.444 e. The van der Waals surface area contributed by atoms with Crippen molar-refractivity contribution >= 4 is 6.09 Å². The summed E-state index contributed by atoms with van der Waals surface area (Å²) in [5.74, 6) is 0.521. The van der Waals surface area contributed by atoms with Crippen LogP contribution < -0.4 is 0 Å². The predicted octanol–water partition coefficient (Wildman–Crippen LogP) is 2.43. The number of carbonyl (C=O) groups excluding carboxylic acids is 1. The lowest BCUT2D eigenvalue weighted by Gasteiger charge is -2.38. The van der Waals surface area contributed by atoms with Gasteiger partial charge < -0.3 is 9.64 Å². The van der Waals surface area contributed by atoms with E-state index < -0.39 is 0 Å². The fourth-order valence-electron chi connectivity index (χ4n) is 1.38. The first-order chi connectivity index (χ1) is 6.42. The Kier molecular flexibility index (Phi) is 3.19. The summed E-state index contributed by atoms with van der Waals surface area (Å²) in [7, 11) is 0. The van der Waals surface area contributed by atoms with Gasteiger partial charge in [-0.15, -0.1) is 0 Å².